The van der Waals surface area contributed by atoms with Crippen LogP contribution in [0, 0.1) is 0 Å². The van der Waals surface area contributed by atoms with Crippen LogP contribution in [0.2, 0.25) is 0 Å². The van der Waals surface area contributed by atoms with Crippen molar-refractivity contribution in [2.24, 2.45) is 0 Å². The summed E-state index contributed by atoms with van der Waals surface area (Å²) < 4.78 is 1.06. The predicted molar refractivity (Wildman–Crippen MR) is 118 cm³/mol. The summed E-state index contributed by atoms with van der Waals surface area (Å²) in [5.74, 6) is 0.162. The van der Waals surface area contributed by atoms with Crippen LogP contribution in [-0.4, -0.2) is 41.0 Å². The second-order valence-corrected chi connectivity index (χ2v) is 9.00. The van der Waals surface area contributed by atoms with E-state index in [-0.39, 0.29) is 11.9 Å². The maximum atomic E-state index is 12.7. The molecule has 3 amide bonds. The predicted octanol–water partition coefficient (Wildman–Crippen LogP) is 4.23. The molecule has 2 aliphatic rings. The largest absolute Gasteiger partial charge is 0.357 e. The third-order valence-electron chi connectivity index (χ3n) is 6.11. The molecule has 1 aromatic carbocycles. The van der Waals surface area contributed by atoms with Crippen molar-refractivity contribution in [3.63, 3.8) is 0 Å². The van der Waals surface area contributed by atoms with E-state index < -0.39 is 0 Å². The van der Waals surface area contributed by atoms with E-state index in [1.54, 1.807) is 0 Å². The van der Waals surface area contributed by atoms with Crippen LogP contribution in [0.15, 0.2) is 22.7 Å². The number of aromatic nitrogens is 1. The average Bonchev–Trinajstić information content (AvgIpc) is 3.11. The monoisotopic (exact) mass is 460 g/mol. The standard InChI is InChI=1S/C22H29BrN4O2/c23-18-9-4-8-16-17-14-27(13-11-19(17)26-21(16)18)20(28)10-5-12-24-22(29)25-15-6-2-1-3-7-15/h4,8-9,15,26H,1-3,5-7,10-14H2,(H2,24,25,29). The fraction of sp³-hybridized carbons (Fsp3) is 0.545. The highest BCUT2D eigenvalue weighted by atomic mass is 79.9. The highest BCUT2D eigenvalue weighted by Crippen LogP contribution is 2.32. The maximum absolute atomic E-state index is 12.7. The first-order valence-electron chi connectivity index (χ1n) is 10.7. The van der Waals surface area contributed by atoms with Gasteiger partial charge in [0.05, 0.1) is 5.52 Å². The van der Waals surface area contributed by atoms with Crippen LogP contribution in [0.4, 0.5) is 4.79 Å². The number of para-hydroxylation sites is 1. The first-order chi connectivity index (χ1) is 14.1. The van der Waals surface area contributed by atoms with Crippen molar-refractivity contribution in [1.82, 2.24) is 20.5 Å². The van der Waals surface area contributed by atoms with Gasteiger partial charge in [0.25, 0.3) is 0 Å². The molecule has 156 valence electrons. The molecule has 0 saturated heterocycles. The third-order valence-corrected chi connectivity index (χ3v) is 6.77. The first-order valence-corrected chi connectivity index (χ1v) is 11.5. The van der Waals surface area contributed by atoms with E-state index in [0.29, 0.717) is 32.0 Å². The quantitative estimate of drug-likeness (QED) is 0.583. The number of urea groups is 1. The number of hydrogen-bond acceptors (Lipinski definition) is 2. The lowest BCUT2D eigenvalue weighted by Crippen LogP contribution is -2.43. The molecule has 1 saturated carbocycles. The van der Waals surface area contributed by atoms with E-state index in [0.717, 1.165) is 35.8 Å². The fourth-order valence-electron chi connectivity index (χ4n) is 4.50. The van der Waals surface area contributed by atoms with Gasteiger partial charge in [-0.05, 0) is 41.3 Å². The molecule has 1 aliphatic carbocycles. The molecule has 0 spiro atoms. The Morgan fingerprint density at radius 1 is 1.21 bits per heavy atom. The topological polar surface area (TPSA) is 77.2 Å². The van der Waals surface area contributed by atoms with Gasteiger partial charge >= 0.3 is 6.03 Å². The van der Waals surface area contributed by atoms with Crippen LogP contribution in [-0.2, 0) is 17.8 Å². The van der Waals surface area contributed by atoms with Crippen molar-refractivity contribution in [3.05, 3.63) is 33.9 Å². The SMILES string of the molecule is O=C(NCCCC(=O)N1CCc2[nH]c3c(Br)cccc3c2C1)NC1CCCCC1. The lowest BCUT2D eigenvalue weighted by Gasteiger charge is -2.27. The summed E-state index contributed by atoms with van der Waals surface area (Å²) in [7, 11) is 0. The number of amides is 3. The van der Waals surface area contributed by atoms with Gasteiger partial charge in [-0.15, -0.1) is 0 Å². The fourth-order valence-corrected chi connectivity index (χ4v) is 4.96. The molecule has 4 rings (SSSR count). The molecule has 29 heavy (non-hydrogen) atoms. The molecule has 3 N–H and O–H groups in total. The van der Waals surface area contributed by atoms with Gasteiger partial charge in [-0.25, -0.2) is 4.79 Å². The third kappa shape index (κ3) is 4.77. The molecule has 7 heteroatoms. The van der Waals surface area contributed by atoms with E-state index in [1.807, 2.05) is 17.0 Å². The van der Waals surface area contributed by atoms with Crippen LogP contribution >= 0.6 is 15.9 Å². The summed E-state index contributed by atoms with van der Waals surface area (Å²) in [4.78, 5) is 30.1. The lowest BCUT2D eigenvalue weighted by atomic mass is 9.96. The number of benzene rings is 1. The highest BCUT2D eigenvalue weighted by Gasteiger charge is 2.24. The van der Waals surface area contributed by atoms with E-state index >= 15 is 0 Å². The Morgan fingerprint density at radius 2 is 2.03 bits per heavy atom. The minimum Gasteiger partial charge on any atom is -0.357 e. The van der Waals surface area contributed by atoms with Gasteiger partial charge in [0.2, 0.25) is 5.91 Å². The summed E-state index contributed by atoms with van der Waals surface area (Å²) >= 11 is 3.60. The van der Waals surface area contributed by atoms with Gasteiger partial charge in [0.15, 0.2) is 0 Å². The molecule has 1 aromatic heterocycles. The molecule has 1 aliphatic heterocycles. The summed E-state index contributed by atoms with van der Waals surface area (Å²) in [6.45, 7) is 1.93. The van der Waals surface area contributed by atoms with Gasteiger partial charge < -0.3 is 20.5 Å². The zero-order valence-corrected chi connectivity index (χ0v) is 18.3. The number of nitrogens with one attached hydrogen (secondary N) is 3. The van der Waals surface area contributed by atoms with Gasteiger partial charge in [0.1, 0.15) is 0 Å². The molecule has 2 aromatic rings. The Morgan fingerprint density at radius 3 is 2.86 bits per heavy atom. The molecular formula is C22H29BrN4O2. The molecule has 0 unspecified atom stereocenters. The summed E-state index contributed by atoms with van der Waals surface area (Å²) in [5.41, 5.74) is 3.57. The number of carbonyl (C=O) groups is 2. The van der Waals surface area contributed by atoms with Gasteiger partial charge in [-0.2, -0.15) is 0 Å². The molecule has 1 fully saturated rings. The van der Waals surface area contributed by atoms with Crippen molar-refractivity contribution in [2.45, 2.75) is 64.0 Å². The Balaban J connectivity index is 1.23. The van der Waals surface area contributed by atoms with Crippen molar-refractivity contribution in [1.29, 1.82) is 0 Å². The molecular weight excluding hydrogens is 432 g/mol. The molecule has 2 heterocycles. The van der Waals surface area contributed by atoms with E-state index in [4.69, 9.17) is 0 Å². The van der Waals surface area contributed by atoms with Crippen molar-refractivity contribution >= 4 is 38.8 Å². The molecule has 0 bridgehead atoms. The second kappa shape index (κ2) is 9.20. The van der Waals surface area contributed by atoms with Gasteiger partial charge in [0, 0.05) is 59.6 Å². The number of halogens is 1. The number of hydrogen-bond donors (Lipinski definition) is 3. The van der Waals surface area contributed by atoms with Crippen molar-refractivity contribution < 1.29 is 9.59 Å². The number of nitrogens with zero attached hydrogens (tertiary/aromatic N) is 1. The van der Waals surface area contributed by atoms with Gasteiger partial charge in [-0.1, -0.05) is 31.4 Å². The van der Waals surface area contributed by atoms with Crippen LogP contribution in [0.25, 0.3) is 10.9 Å². The van der Waals surface area contributed by atoms with Crippen molar-refractivity contribution in [2.75, 3.05) is 13.1 Å². The zero-order valence-electron chi connectivity index (χ0n) is 16.7. The van der Waals surface area contributed by atoms with Crippen LogP contribution in [0.3, 0.4) is 0 Å². The Labute approximate surface area is 179 Å². The first kappa shape index (κ1) is 20.3. The molecule has 6 nitrogen and oxygen atoms in total. The van der Waals surface area contributed by atoms with Crippen molar-refractivity contribution in [3.8, 4) is 0 Å². The lowest BCUT2D eigenvalue weighted by molar-refractivity contribution is -0.132. The maximum Gasteiger partial charge on any atom is 0.315 e. The Bertz CT molecular complexity index is 888. The molecule has 0 atom stereocenters. The normalized spacial score (nSPS) is 17.2. The number of rotatable bonds is 5. The second-order valence-electron chi connectivity index (χ2n) is 8.15. The number of carbonyl (C=O) groups excluding carboxylic acids is 2. The zero-order chi connectivity index (χ0) is 20.2. The number of fused-ring (bicyclic) bond motifs is 3. The molecule has 0 radical (unpaired) electrons. The number of aromatic amines is 1. The highest BCUT2D eigenvalue weighted by molar-refractivity contribution is 9.10. The van der Waals surface area contributed by atoms with Gasteiger partial charge in [-0.3, -0.25) is 4.79 Å². The smallest absolute Gasteiger partial charge is 0.315 e. The average molecular weight is 461 g/mol. The van der Waals surface area contributed by atoms with E-state index in [9.17, 15) is 9.59 Å². The Kier molecular flexibility index (Phi) is 6.43. The van der Waals surface area contributed by atoms with Crippen LogP contribution in [0.5, 0.6) is 0 Å². The minimum absolute atomic E-state index is 0.101. The number of H-pyrrole nitrogens is 1. The summed E-state index contributed by atoms with van der Waals surface area (Å²) in [6, 6.07) is 6.38. The Hall–Kier alpha value is -2.02. The van der Waals surface area contributed by atoms with Crippen LogP contribution in [0.1, 0.15) is 56.2 Å². The minimum atomic E-state index is -0.101. The summed E-state index contributed by atoms with van der Waals surface area (Å²) in [6.07, 6.45) is 7.81. The van der Waals surface area contributed by atoms with E-state index in [1.165, 1.54) is 35.9 Å². The van der Waals surface area contributed by atoms with E-state index in [2.05, 4.69) is 37.6 Å². The van der Waals surface area contributed by atoms with Crippen LogP contribution < -0.4 is 10.6 Å². The summed E-state index contributed by atoms with van der Waals surface area (Å²) in [5, 5.41) is 7.13.